The molecule has 0 radical (unpaired) electrons. The molecule has 0 aliphatic carbocycles. The molecular weight excluding hydrogens is 481 g/mol. The molecule has 1 aliphatic heterocycles. The lowest BCUT2D eigenvalue weighted by atomic mass is 10.0. The van der Waals surface area contributed by atoms with E-state index in [9.17, 15) is 5.11 Å². The lowest BCUT2D eigenvalue weighted by Crippen LogP contribution is -2.40. The van der Waals surface area contributed by atoms with Crippen LogP contribution in [0.1, 0.15) is 50.7 Å². The molecule has 2 rings (SSSR count). The third-order valence-corrected chi connectivity index (χ3v) is 4.95. The van der Waals surface area contributed by atoms with E-state index >= 15 is 0 Å². The van der Waals surface area contributed by atoms with E-state index in [1.165, 1.54) is 5.56 Å². The highest BCUT2D eigenvalue weighted by atomic mass is 127. The lowest BCUT2D eigenvalue weighted by Gasteiger charge is -2.19. The van der Waals surface area contributed by atoms with Gasteiger partial charge in [0.15, 0.2) is 5.96 Å². The van der Waals surface area contributed by atoms with Crippen molar-refractivity contribution in [1.82, 2.24) is 10.6 Å². The van der Waals surface area contributed by atoms with Gasteiger partial charge in [0.2, 0.25) is 0 Å². The monoisotopic (exact) mass is 519 g/mol. The van der Waals surface area contributed by atoms with E-state index in [0.717, 1.165) is 62.7 Å². The maximum atomic E-state index is 9.26. The van der Waals surface area contributed by atoms with E-state index in [0.29, 0.717) is 19.1 Å². The zero-order valence-electron chi connectivity index (χ0n) is 18.1. The Bertz CT molecular complexity index is 601. The van der Waals surface area contributed by atoms with Gasteiger partial charge in [0.25, 0.3) is 0 Å². The predicted molar refractivity (Wildman–Crippen MR) is 129 cm³/mol. The van der Waals surface area contributed by atoms with Crippen LogP contribution in [0.4, 0.5) is 0 Å². The minimum Gasteiger partial charge on any atom is -0.488 e. The van der Waals surface area contributed by atoms with E-state index in [4.69, 9.17) is 14.5 Å². The molecule has 2 unspecified atom stereocenters. The average Bonchev–Trinajstić information content (AvgIpc) is 3.18. The minimum atomic E-state index is 0. The normalized spacial score (nSPS) is 17.5. The summed E-state index contributed by atoms with van der Waals surface area (Å²) >= 11 is 0. The number of halogens is 1. The third kappa shape index (κ3) is 9.53. The van der Waals surface area contributed by atoms with Gasteiger partial charge in [0.1, 0.15) is 11.9 Å². The quantitative estimate of drug-likeness (QED) is 0.237. The molecule has 166 valence electrons. The van der Waals surface area contributed by atoms with E-state index < -0.39 is 0 Å². The SMILES string of the molecule is CCCC(CCO)CNC(=NCc1ccc(C)cc1OC1CCOC1)NCC.I. The molecule has 0 saturated carbocycles. The smallest absolute Gasteiger partial charge is 0.191 e. The second-order valence-corrected chi connectivity index (χ2v) is 7.46. The van der Waals surface area contributed by atoms with Crippen LogP contribution in [0.5, 0.6) is 5.75 Å². The summed E-state index contributed by atoms with van der Waals surface area (Å²) in [6, 6.07) is 6.28. The number of aliphatic hydroxyl groups excluding tert-OH is 1. The maximum Gasteiger partial charge on any atom is 0.191 e. The Balaban J connectivity index is 0.00000420. The molecule has 0 aromatic heterocycles. The van der Waals surface area contributed by atoms with Crippen molar-refractivity contribution in [3.63, 3.8) is 0 Å². The van der Waals surface area contributed by atoms with E-state index in [-0.39, 0.29) is 36.7 Å². The fraction of sp³-hybridized carbons (Fsp3) is 0.682. The van der Waals surface area contributed by atoms with Gasteiger partial charge in [-0.15, -0.1) is 24.0 Å². The van der Waals surface area contributed by atoms with Gasteiger partial charge in [0.05, 0.1) is 19.8 Å². The molecule has 1 aromatic rings. The first-order valence-corrected chi connectivity index (χ1v) is 10.6. The molecule has 1 aliphatic rings. The molecule has 1 saturated heterocycles. The number of nitrogens with one attached hydrogen (secondary N) is 2. The highest BCUT2D eigenvalue weighted by Crippen LogP contribution is 2.24. The van der Waals surface area contributed by atoms with Crippen molar-refractivity contribution in [2.75, 3.05) is 32.9 Å². The Hall–Kier alpha value is -1.06. The number of guanidine groups is 1. The summed E-state index contributed by atoms with van der Waals surface area (Å²) in [4.78, 5) is 4.76. The zero-order chi connectivity index (χ0) is 20.2. The molecule has 29 heavy (non-hydrogen) atoms. The summed E-state index contributed by atoms with van der Waals surface area (Å²) < 4.78 is 11.6. The van der Waals surface area contributed by atoms with Crippen molar-refractivity contribution >= 4 is 29.9 Å². The summed E-state index contributed by atoms with van der Waals surface area (Å²) in [7, 11) is 0. The summed E-state index contributed by atoms with van der Waals surface area (Å²) in [5.74, 6) is 2.16. The van der Waals surface area contributed by atoms with Gasteiger partial charge in [-0.2, -0.15) is 0 Å². The van der Waals surface area contributed by atoms with Gasteiger partial charge in [-0.3, -0.25) is 0 Å². The first-order valence-electron chi connectivity index (χ1n) is 10.6. The minimum absolute atomic E-state index is 0. The van der Waals surface area contributed by atoms with E-state index in [1.807, 2.05) is 0 Å². The van der Waals surface area contributed by atoms with Crippen LogP contribution in [0.3, 0.4) is 0 Å². The Morgan fingerprint density at radius 3 is 2.79 bits per heavy atom. The number of hydrogen-bond acceptors (Lipinski definition) is 4. The Morgan fingerprint density at radius 2 is 2.14 bits per heavy atom. The molecule has 1 fully saturated rings. The van der Waals surface area contributed by atoms with Gasteiger partial charge < -0.3 is 25.2 Å². The van der Waals surface area contributed by atoms with Crippen molar-refractivity contribution in [3.05, 3.63) is 29.3 Å². The molecular formula is C22H38IN3O3. The topological polar surface area (TPSA) is 75.1 Å². The van der Waals surface area contributed by atoms with E-state index in [1.54, 1.807) is 0 Å². The number of hydrogen-bond donors (Lipinski definition) is 3. The molecule has 6 nitrogen and oxygen atoms in total. The highest BCUT2D eigenvalue weighted by molar-refractivity contribution is 14.0. The number of rotatable bonds is 11. The van der Waals surface area contributed by atoms with Crippen LogP contribution in [-0.4, -0.2) is 50.1 Å². The summed E-state index contributed by atoms with van der Waals surface area (Å²) in [5.41, 5.74) is 2.26. The van der Waals surface area contributed by atoms with Crippen molar-refractivity contribution < 1.29 is 14.6 Å². The third-order valence-electron chi connectivity index (χ3n) is 4.95. The maximum absolute atomic E-state index is 9.26. The van der Waals surface area contributed by atoms with Crippen LogP contribution in [-0.2, 0) is 11.3 Å². The molecule has 3 N–H and O–H groups in total. The fourth-order valence-electron chi connectivity index (χ4n) is 3.37. The average molecular weight is 519 g/mol. The molecule has 2 atom stereocenters. The second kappa shape index (κ2) is 14.8. The standard InChI is InChI=1S/C22H37N3O3.HI/c1-4-6-18(9-11-26)14-24-22(23-5-2)25-15-19-8-7-17(3)13-21(19)28-20-10-12-27-16-20;/h7-8,13,18,20,26H,4-6,9-12,14-16H2,1-3H3,(H2,23,24,25);1H. The number of ether oxygens (including phenoxy) is 2. The number of nitrogens with zero attached hydrogens (tertiary/aromatic N) is 1. The molecule has 0 amide bonds. The zero-order valence-corrected chi connectivity index (χ0v) is 20.4. The number of aliphatic imine (C=N–C) groups is 1. The van der Waals surface area contributed by atoms with E-state index in [2.05, 4.69) is 49.6 Å². The van der Waals surface area contributed by atoms with Crippen molar-refractivity contribution in [3.8, 4) is 5.75 Å². The summed E-state index contributed by atoms with van der Waals surface area (Å²) in [6.07, 6.45) is 4.11. The molecule has 1 aromatic carbocycles. The Morgan fingerprint density at radius 1 is 1.31 bits per heavy atom. The predicted octanol–water partition coefficient (Wildman–Crippen LogP) is 3.63. The van der Waals surface area contributed by atoms with Crippen molar-refractivity contribution in [2.45, 2.75) is 59.1 Å². The van der Waals surface area contributed by atoms with Crippen LogP contribution in [0.15, 0.2) is 23.2 Å². The Kier molecular flexibility index (Phi) is 13.3. The largest absolute Gasteiger partial charge is 0.488 e. The van der Waals surface area contributed by atoms with Gasteiger partial charge in [-0.25, -0.2) is 4.99 Å². The first kappa shape index (κ1) is 26.0. The van der Waals surface area contributed by atoms with Gasteiger partial charge in [0, 0.05) is 31.7 Å². The molecule has 7 heteroatoms. The van der Waals surface area contributed by atoms with Crippen LogP contribution >= 0.6 is 24.0 Å². The van der Waals surface area contributed by atoms with Gasteiger partial charge in [-0.05, 0) is 44.2 Å². The number of aliphatic hydroxyl groups is 1. The van der Waals surface area contributed by atoms with Crippen LogP contribution in [0, 0.1) is 12.8 Å². The number of aryl methyl sites for hydroxylation is 1. The molecule has 1 heterocycles. The Labute approximate surface area is 192 Å². The fourth-order valence-corrected chi connectivity index (χ4v) is 3.37. The summed E-state index contributed by atoms with van der Waals surface area (Å²) in [5, 5.41) is 16.0. The van der Waals surface area contributed by atoms with Crippen molar-refractivity contribution in [2.24, 2.45) is 10.9 Å². The van der Waals surface area contributed by atoms with Crippen molar-refractivity contribution in [1.29, 1.82) is 0 Å². The first-order chi connectivity index (χ1) is 13.7. The molecule has 0 spiro atoms. The second-order valence-electron chi connectivity index (χ2n) is 7.46. The summed E-state index contributed by atoms with van der Waals surface area (Å²) in [6.45, 7) is 10.2. The lowest BCUT2D eigenvalue weighted by molar-refractivity contribution is 0.140. The van der Waals surface area contributed by atoms with Crippen LogP contribution in [0.2, 0.25) is 0 Å². The highest BCUT2D eigenvalue weighted by Gasteiger charge is 2.18. The van der Waals surface area contributed by atoms with Gasteiger partial charge in [-0.1, -0.05) is 25.5 Å². The van der Waals surface area contributed by atoms with Gasteiger partial charge >= 0.3 is 0 Å². The van der Waals surface area contributed by atoms with Crippen LogP contribution in [0.25, 0.3) is 0 Å². The number of benzene rings is 1. The van der Waals surface area contributed by atoms with Crippen LogP contribution < -0.4 is 15.4 Å². The molecule has 0 bridgehead atoms.